The molecular weight excluding hydrogens is 587 g/mol. The normalized spacial score (nSPS) is 23.1. The molecule has 4 aromatic rings. The molecule has 0 spiro atoms. The van der Waals surface area contributed by atoms with Crippen LogP contribution in [0.15, 0.2) is 30.5 Å². The number of rotatable bonds is 6. The zero-order chi connectivity index (χ0) is 31.7. The van der Waals surface area contributed by atoms with E-state index in [-0.39, 0.29) is 59.6 Å². The number of nitrogens with zero attached hydrogens (tertiary/aromatic N) is 4. The Hall–Kier alpha value is -3.74. The second kappa shape index (κ2) is 12.9. The Morgan fingerprint density at radius 1 is 1.22 bits per heavy atom. The molecule has 4 heterocycles. The second-order valence-corrected chi connectivity index (χ2v) is 12.3. The third-order valence-electron chi connectivity index (χ3n) is 8.52. The van der Waals surface area contributed by atoms with Crippen LogP contribution in [0.25, 0.3) is 32.9 Å². The van der Waals surface area contributed by atoms with E-state index in [4.69, 9.17) is 9.47 Å². The number of β-amino-alcohol motifs (C(OH)–C–C–N with tert-alkyl or cyclic N) is 1. The fraction of sp³-hybridized carbons (Fsp3) is 0.485. The average Bonchev–Trinajstić information content (AvgIpc) is 3.18. The van der Waals surface area contributed by atoms with Gasteiger partial charge in [-0.3, -0.25) is 4.98 Å². The Morgan fingerprint density at radius 2 is 2.07 bits per heavy atom. The van der Waals surface area contributed by atoms with Gasteiger partial charge in [-0.05, 0) is 79.6 Å². The van der Waals surface area contributed by atoms with Crippen molar-refractivity contribution < 1.29 is 32.9 Å². The van der Waals surface area contributed by atoms with Crippen molar-refractivity contribution in [2.45, 2.75) is 51.3 Å². The predicted octanol–water partition coefficient (Wildman–Crippen LogP) is 5.09. The van der Waals surface area contributed by atoms with Gasteiger partial charge in [0.1, 0.15) is 40.4 Å². The lowest BCUT2D eigenvalue weighted by Gasteiger charge is -2.29. The van der Waals surface area contributed by atoms with Gasteiger partial charge in [-0.25, -0.2) is 13.2 Å². The molecular formula is C33H38F3N5O4. The number of aromatic hydroxyl groups is 1. The third kappa shape index (κ3) is 6.63. The maximum Gasteiger partial charge on any atom is 0.319 e. The van der Waals surface area contributed by atoms with Crippen LogP contribution in [0.1, 0.15) is 38.7 Å². The Kier molecular flexibility index (Phi) is 8.98. The molecule has 2 fully saturated rings. The largest absolute Gasteiger partial charge is 0.508 e. The van der Waals surface area contributed by atoms with Crippen LogP contribution < -0.4 is 15.0 Å². The lowest BCUT2D eigenvalue weighted by Crippen LogP contribution is -2.42. The number of aromatic nitrogens is 3. The number of halogens is 3. The third-order valence-corrected chi connectivity index (χ3v) is 8.52. The minimum Gasteiger partial charge on any atom is -0.508 e. The van der Waals surface area contributed by atoms with Gasteiger partial charge in [0.25, 0.3) is 0 Å². The molecule has 2 aliphatic rings. The van der Waals surface area contributed by atoms with Gasteiger partial charge in [0.15, 0.2) is 5.82 Å². The van der Waals surface area contributed by atoms with Crippen LogP contribution >= 0.6 is 0 Å². The molecule has 2 saturated heterocycles. The monoisotopic (exact) mass is 625 g/mol. The van der Waals surface area contributed by atoms with Crippen LogP contribution in [-0.2, 0) is 11.2 Å². The molecule has 2 aromatic heterocycles. The van der Waals surface area contributed by atoms with E-state index in [0.29, 0.717) is 54.7 Å². The summed E-state index contributed by atoms with van der Waals surface area (Å²) in [5.41, 5.74) is -0.792. The van der Waals surface area contributed by atoms with Crippen molar-refractivity contribution in [3.63, 3.8) is 0 Å². The lowest BCUT2D eigenvalue weighted by atomic mass is 9.94. The Morgan fingerprint density at radius 3 is 2.89 bits per heavy atom. The zero-order valence-electron chi connectivity index (χ0n) is 25.5. The van der Waals surface area contributed by atoms with E-state index in [2.05, 4.69) is 20.3 Å². The number of hydrogen-bond acceptors (Lipinski definition) is 9. The summed E-state index contributed by atoms with van der Waals surface area (Å²) in [5, 5.41) is 25.8. The van der Waals surface area contributed by atoms with Crippen LogP contribution in [0.5, 0.6) is 11.8 Å². The molecule has 45 heavy (non-hydrogen) atoms. The van der Waals surface area contributed by atoms with Crippen molar-refractivity contribution in [2.75, 3.05) is 50.9 Å². The average molecular weight is 626 g/mol. The second-order valence-electron chi connectivity index (χ2n) is 12.3. The SMILES string of the molecule is CCc1c(F)ccc2cc(O)cc(-c3ncc4c(N5CCOCC(C)(O)C5)nc(OC[C@@H]5CCCNC[C@H](F)C5)nc4c3F)c12. The molecule has 9 nitrogen and oxygen atoms in total. The number of benzene rings is 2. The van der Waals surface area contributed by atoms with Gasteiger partial charge < -0.3 is 29.9 Å². The van der Waals surface area contributed by atoms with Gasteiger partial charge in [0.2, 0.25) is 0 Å². The van der Waals surface area contributed by atoms with Crippen molar-refractivity contribution in [1.29, 1.82) is 0 Å². The maximum absolute atomic E-state index is 16.7. The molecule has 6 rings (SSSR count). The van der Waals surface area contributed by atoms with E-state index in [9.17, 15) is 19.0 Å². The van der Waals surface area contributed by atoms with Crippen LogP contribution in [0.4, 0.5) is 19.0 Å². The molecule has 240 valence electrons. The van der Waals surface area contributed by atoms with Gasteiger partial charge >= 0.3 is 6.01 Å². The number of anilines is 1. The predicted molar refractivity (Wildman–Crippen MR) is 165 cm³/mol. The smallest absolute Gasteiger partial charge is 0.319 e. The number of hydrogen-bond donors (Lipinski definition) is 3. The number of nitrogens with one attached hydrogen (secondary N) is 1. The molecule has 2 aromatic carbocycles. The highest BCUT2D eigenvalue weighted by Crippen LogP contribution is 2.39. The van der Waals surface area contributed by atoms with E-state index in [0.717, 1.165) is 19.4 Å². The summed E-state index contributed by atoms with van der Waals surface area (Å²) in [4.78, 5) is 15.4. The number of aryl methyl sites for hydroxylation is 1. The molecule has 1 unspecified atom stereocenters. The van der Waals surface area contributed by atoms with Gasteiger partial charge in [0.05, 0.1) is 31.8 Å². The first-order valence-corrected chi connectivity index (χ1v) is 15.5. The maximum atomic E-state index is 16.7. The van der Waals surface area contributed by atoms with Gasteiger partial charge in [0, 0.05) is 24.8 Å². The molecule has 0 saturated carbocycles. The minimum absolute atomic E-state index is 0.0731. The molecule has 3 N–H and O–H groups in total. The first-order chi connectivity index (χ1) is 21.6. The van der Waals surface area contributed by atoms with Crippen molar-refractivity contribution in [1.82, 2.24) is 20.3 Å². The van der Waals surface area contributed by atoms with Gasteiger partial charge in [-0.1, -0.05) is 13.0 Å². The fourth-order valence-corrected chi connectivity index (χ4v) is 6.41. The van der Waals surface area contributed by atoms with Crippen molar-refractivity contribution in [3.8, 4) is 23.0 Å². The van der Waals surface area contributed by atoms with Crippen LogP contribution in [0, 0.1) is 17.6 Å². The zero-order valence-corrected chi connectivity index (χ0v) is 25.5. The molecule has 0 amide bonds. The molecule has 3 atom stereocenters. The summed E-state index contributed by atoms with van der Waals surface area (Å²) >= 11 is 0. The molecule has 0 radical (unpaired) electrons. The summed E-state index contributed by atoms with van der Waals surface area (Å²) in [5.74, 6) is -1.11. The van der Waals surface area contributed by atoms with E-state index in [1.54, 1.807) is 24.8 Å². The first-order valence-electron chi connectivity index (χ1n) is 15.5. The Bertz CT molecular complexity index is 1710. The van der Waals surface area contributed by atoms with Crippen LogP contribution in [0.3, 0.4) is 0 Å². The van der Waals surface area contributed by atoms with Crippen LogP contribution in [-0.4, -0.2) is 82.9 Å². The lowest BCUT2D eigenvalue weighted by molar-refractivity contribution is -0.0123. The van der Waals surface area contributed by atoms with E-state index in [1.165, 1.54) is 24.4 Å². The van der Waals surface area contributed by atoms with E-state index in [1.807, 2.05) is 0 Å². The highest BCUT2D eigenvalue weighted by Gasteiger charge is 2.31. The number of aliphatic hydroxyl groups is 1. The standard InChI is InChI=1S/C33H38F3N5O4/c1-3-23-26(35)7-6-20-12-22(42)13-24(27(20)23)29-28(36)30-25(15-38-29)31(41-9-10-44-18-33(2,43)17-41)40-32(39-30)45-16-19-5-4-8-37-14-21(34)11-19/h6-7,12-13,15,19,21,37,42-43H,3-5,8-11,14,16-18H2,1-2H3/t19-,21-,33?/m1/s1. The van der Waals surface area contributed by atoms with E-state index < -0.39 is 23.4 Å². The summed E-state index contributed by atoms with van der Waals surface area (Å²) in [6.07, 6.45) is 2.73. The number of ether oxygens (including phenoxy) is 2. The number of pyridine rings is 1. The summed E-state index contributed by atoms with van der Waals surface area (Å²) in [6, 6.07) is 5.66. The van der Waals surface area contributed by atoms with Gasteiger partial charge in [-0.15, -0.1) is 0 Å². The van der Waals surface area contributed by atoms with Crippen LogP contribution in [0.2, 0.25) is 0 Å². The molecule has 0 bridgehead atoms. The van der Waals surface area contributed by atoms with Gasteiger partial charge in [-0.2, -0.15) is 9.97 Å². The molecule has 12 heteroatoms. The number of phenolic OH excluding ortho intramolecular Hbond substituents is 1. The number of alkyl halides is 1. The van der Waals surface area contributed by atoms with Crippen molar-refractivity contribution in [3.05, 3.63) is 47.7 Å². The first kappa shape index (κ1) is 31.3. The number of phenols is 1. The summed E-state index contributed by atoms with van der Waals surface area (Å²) < 4.78 is 57.7. The van der Waals surface area contributed by atoms with E-state index >= 15 is 4.39 Å². The quantitative estimate of drug-likeness (QED) is 0.270. The Balaban J connectivity index is 1.49. The summed E-state index contributed by atoms with van der Waals surface area (Å²) in [7, 11) is 0. The number of fused-ring (bicyclic) bond motifs is 2. The Labute approximate surface area is 259 Å². The highest BCUT2D eigenvalue weighted by atomic mass is 19.1. The van der Waals surface area contributed by atoms with Crippen molar-refractivity contribution in [2.24, 2.45) is 5.92 Å². The minimum atomic E-state index is -1.20. The molecule has 2 aliphatic heterocycles. The van der Waals surface area contributed by atoms with Crippen molar-refractivity contribution >= 4 is 27.5 Å². The molecule has 0 aliphatic carbocycles. The topological polar surface area (TPSA) is 113 Å². The fourth-order valence-electron chi connectivity index (χ4n) is 6.41. The highest BCUT2D eigenvalue weighted by molar-refractivity contribution is 6.01. The summed E-state index contributed by atoms with van der Waals surface area (Å²) in [6.45, 7) is 5.56.